The molecule has 6 nitrogen and oxygen atoms in total. The van der Waals surface area contributed by atoms with E-state index in [1.54, 1.807) is 0 Å². The number of guanidine groups is 1. The van der Waals surface area contributed by atoms with E-state index >= 15 is 0 Å². The maximum Gasteiger partial charge on any atom is 0.193 e. The SMILES string of the molecule is CN1CCC(CN=C(N)Nc2cccc(Oc3ccccc3)c2)(N2CCCCC2)CC1. The van der Waals surface area contributed by atoms with Gasteiger partial charge in [-0.3, -0.25) is 9.89 Å². The third-order valence-electron chi connectivity index (χ3n) is 6.57. The number of hydrogen-bond donors (Lipinski definition) is 2. The number of nitrogens with zero attached hydrogens (tertiary/aromatic N) is 3. The Kier molecular flexibility index (Phi) is 7.10. The second-order valence-electron chi connectivity index (χ2n) is 8.84. The maximum atomic E-state index is 6.31. The molecular weight excluding hydrogens is 386 g/mol. The van der Waals surface area contributed by atoms with Gasteiger partial charge in [-0.05, 0) is 83.2 Å². The fourth-order valence-electron chi connectivity index (χ4n) is 4.66. The minimum Gasteiger partial charge on any atom is -0.457 e. The number of nitrogens with one attached hydrogen (secondary N) is 1. The van der Waals surface area contributed by atoms with Crippen molar-refractivity contribution in [1.82, 2.24) is 9.80 Å². The summed E-state index contributed by atoms with van der Waals surface area (Å²) < 4.78 is 5.93. The Morgan fingerprint density at radius 2 is 1.68 bits per heavy atom. The Morgan fingerprint density at radius 1 is 0.968 bits per heavy atom. The first kappa shape index (κ1) is 21.7. The van der Waals surface area contributed by atoms with Crippen LogP contribution < -0.4 is 15.8 Å². The fourth-order valence-corrected chi connectivity index (χ4v) is 4.66. The fraction of sp³-hybridized carbons (Fsp3) is 0.480. The average Bonchev–Trinajstić information content (AvgIpc) is 2.80. The first-order chi connectivity index (χ1) is 15.1. The minimum absolute atomic E-state index is 0.136. The molecule has 2 aliphatic rings. The van der Waals surface area contributed by atoms with E-state index in [1.165, 1.54) is 32.4 Å². The summed E-state index contributed by atoms with van der Waals surface area (Å²) in [5, 5.41) is 3.26. The molecule has 0 atom stereocenters. The van der Waals surface area contributed by atoms with Crippen LogP contribution in [0.2, 0.25) is 0 Å². The summed E-state index contributed by atoms with van der Waals surface area (Å²) in [6, 6.07) is 17.6. The van der Waals surface area contributed by atoms with Gasteiger partial charge in [0.2, 0.25) is 0 Å². The topological polar surface area (TPSA) is 66.1 Å². The van der Waals surface area contributed by atoms with Crippen molar-refractivity contribution in [2.75, 3.05) is 45.1 Å². The molecule has 6 heteroatoms. The van der Waals surface area contributed by atoms with Crippen LogP contribution in [0.3, 0.4) is 0 Å². The number of nitrogens with two attached hydrogens (primary N) is 1. The molecule has 31 heavy (non-hydrogen) atoms. The smallest absolute Gasteiger partial charge is 0.193 e. The molecule has 4 rings (SSSR count). The second kappa shape index (κ2) is 10.2. The second-order valence-corrected chi connectivity index (χ2v) is 8.84. The number of rotatable bonds is 6. The van der Waals surface area contributed by atoms with Crippen LogP contribution in [0.5, 0.6) is 11.5 Å². The number of hydrogen-bond acceptors (Lipinski definition) is 4. The van der Waals surface area contributed by atoms with Gasteiger partial charge in [-0.15, -0.1) is 0 Å². The van der Waals surface area contributed by atoms with E-state index in [0.29, 0.717) is 5.96 Å². The molecule has 2 aromatic carbocycles. The summed E-state index contributed by atoms with van der Waals surface area (Å²) in [6.45, 7) is 5.37. The van der Waals surface area contributed by atoms with E-state index in [0.717, 1.165) is 49.7 Å². The van der Waals surface area contributed by atoms with Crippen molar-refractivity contribution < 1.29 is 4.74 Å². The number of aliphatic imine (C=N–C) groups is 1. The van der Waals surface area contributed by atoms with Crippen molar-refractivity contribution in [2.24, 2.45) is 10.7 Å². The standard InChI is InChI=1S/C25H35N5O/c1-29-17-13-25(14-18-29,30-15-6-3-7-16-30)20-27-24(26)28-21-9-8-12-23(19-21)31-22-10-4-2-5-11-22/h2,4-5,8-12,19H,3,6-7,13-18,20H2,1H3,(H3,26,27,28). The summed E-state index contributed by atoms with van der Waals surface area (Å²) >= 11 is 0. The minimum atomic E-state index is 0.136. The van der Waals surface area contributed by atoms with Crippen molar-refractivity contribution in [3.8, 4) is 11.5 Å². The molecule has 2 heterocycles. The van der Waals surface area contributed by atoms with Crippen LogP contribution in [0, 0.1) is 0 Å². The van der Waals surface area contributed by atoms with Gasteiger partial charge >= 0.3 is 0 Å². The summed E-state index contributed by atoms with van der Waals surface area (Å²) in [5.41, 5.74) is 7.33. The van der Waals surface area contributed by atoms with Gasteiger partial charge in [0.05, 0.1) is 6.54 Å². The zero-order valence-electron chi connectivity index (χ0n) is 18.6. The average molecular weight is 422 g/mol. The highest BCUT2D eigenvalue weighted by atomic mass is 16.5. The zero-order valence-corrected chi connectivity index (χ0v) is 18.6. The Hall–Kier alpha value is -2.57. The molecule has 0 bridgehead atoms. The lowest BCUT2D eigenvalue weighted by Gasteiger charge is -2.49. The van der Waals surface area contributed by atoms with Gasteiger partial charge < -0.3 is 20.7 Å². The molecule has 3 N–H and O–H groups in total. The van der Waals surface area contributed by atoms with Crippen molar-refractivity contribution >= 4 is 11.6 Å². The summed E-state index contributed by atoms with van der Waals surface area (Å²) in [7, 11) is 2.21. The van der Waals surface area contributed by atoms with Gasteiger partial charge in [0.1, 0.15) is 11.5 Å². The van der Waals surface area contributed by atoms with Crippen LogP contribution >= 0.6 is 0 Å². The van der Waals surface area contributed by atoms with Crippen LogP contribution in [0.25, 0.3) is 0 Å². The Labute approximate surface area is 186 Å². The quantitative estimate of drug-likeness (QED) is 0.542. The molecule has 0 spiro atoms. The molecule has 0 aromatic heterocycles. The van der Waals surface area contributed by atoms with E-state index in [-0.39, 0.29) is 5.54 Å². The van der Waals surface area contributed by atoms with Crippen molar-refractivity contribution in [1.29, 1.82) is 0 Å². The Bertz CT molecular complexity index is 855. The van der Waals surface area contributed by atoms with Gasteiger partial charge in [0.15, 0.2) is 5.96 Å². The third kappa shape index (κ3) is 5.77. The highest BCUT2D eigenvalue weighted by Gasteiger charge is 2.39. The van der Waals surface area contributed by atoms with Gasteiger partial charge in [-0.1, -0.05) is 30.7 Å². The number of para-hydroxylation sites is 1. The number of piperidine rings is 2. The van der Waals surface area contributed by atoms with Crippen LogP contribution in [-0.2, 0) is 0 Å². The Balaban J connectivity index is 1.41. The number of ether oxygens (including phenoxy) is 1. The van der Waals surface area contributed by atoms with Gasteiger partial charge in [-0.2, -0.15) is 0 Å². The number of benzene rings is 2. The highest BCUT2D eigenvalue weighted by Crippen LogP contribution is 2.32. The third-order valence-corrected chi connectivity index (χ3v) is 6.57. The molecular formula is C25H35N5O. The lowest BCUT2D eigenvalue weighted by Crippen LogP contribution is -2.58. The van der Waals surface area contributed by atoms with Crippen LogP contribution in [-0.4, -0.2) is 61.1 Å². The molecule has 0 saturated carbocycles. The molecule has 0 radical (unpaired) electrons. The monoisotopic (exact) mass is 421 g/mol. The molecule has 2 aliphatic heterocycles. The normalized spacial score (nSPS) is 20.4. The highest BCUT2D eigenvalue weighted by molar-refractivity contribution is 5.92. The molecule has 2 saturated heterocycles. The van der Waals surface area contributed by atoms with Crippen molar-refractivity contribution in [2.45, 2.75) is 37.6 Å². The van der Waals surface area contributed by atoms with Gasteiger partial charge in [0, 0.05) is 17.3 Å². The molecule has 2 aromatic rings. The molecule has 0 aliphatic carbocycles. The largest absolute Gasteiger partial charge is 0.457 e. The van der Waals surface area contributed by atoms with E-state index in [1.807, 2.05) is 54.6 Å². The Morgan fingerprint density at radius 3 is 2.42 bits per heavy atom. The zero-order chi connectivity index (χ0) is 21.5. The first-order valence-corrected chi connectivity index (χ1v) is 11.5. The predicted molar refractivity (Wildman–Crippen MR) is 128 cm³/mol. The first-order valence-electron chi connectivity index (χ1n) is 11.5. The van der Waals surface area contributed by atoms with Crippen molar-refractivity contribution in [3.05, 3.63) is 54.6 Å². The van der Waals surface area contributed by atoms with E-state index in [9.17, 15) is 0 Å². The summed E-state index contributed by atoms with van der Waals surface area (Å²) in [6.07, 6.45) is 6.24. The lowest BCUT2D eigenvalue weighted by molar-refractivity contribution is 0.0209. The maximum absolute atomic E-state index is 6.31. The van der Waals surface area contributed by atoms with Crippen LogP contribution in [0.4, 0.5) is 5.69 Å². The van der Waals surface area contributed by atoms with E-state index < -0.39 is 0 Å². The molecule has 0 amide bonds. The van der Waals surface area contributed by atoms with E-state index in [4.69, 9.17) is 15.5 Å². The predicted octanol–water partition coefficient (Wildman–Crippen LogP) is 4.16. The molecule has 2 fully saturated rings. The number of anilines is 1. The van der Waals surface area contributed by atoms with Gasteiger partial charge in [-0.25, -0.2) is 0 Å². The van der Waals surface area contributed by atoms with Crippen LogP contribution in [0.15, 0.2) is 59.6 Å². The van der Waals surface area contributed by atoms with Gasteiger partial charge in [0.25, 0.3) is 0 Å². The number of likely N-dealkylation sites (tertiary alicyclic amines) is 2. The molecule has 0 unspecified atom stereocenters. The molecule has 166 valence electrons. The van der Waals surface area contributed by atoms with Crippen molar-refractivity contribution in [3.63, 3.8) is 0 Å². The van der Waals surface area contributed by atoms with Crippen LogP contribution in [0.1, 0.15) is 32.1 Å². The van der Waals surface area contributed by atoms with E-state index in [2.05, 4.69) is 22.2 Å². The lowest BCUT2D eigenvalue weighted by atomic mass is 9.84. The summed E-state index contributed by atoms with van der Waals surface area (Å²) in [5.74, 6) is 2.04. The summed E-state index contributed by atoms with van der Waals surface area (Å²) in [4.78, 5) is 9.92.